The van der Waals surface area contributed by atoms with Gasteiger partial charge in [0.05, 0.1) is 25.7 Å². The zero-order valence-corrected chi connectivity index (χ0v) is 32.9. The first-order chi connectivity index (χ1) is 26.3. The Balaban J connectivity index is 1.58. The third-order valence-corrected chi connectivity index (χ3v) is 10.9. The van der Waals surface area contributed by atoms with Gasteiger partial charge in [0.2, 0.25) is 5.91 Å². The van der Waals surface area contributed by atoms with Gasteiger partial charge in [-0.1, -0.05) is 175 Å². The maximum Gasteiger partial charge on any atom is 0.223 e. The zero-order chi connectivity index (χ0) is 38.5. The van der Waals surface area contributed by atoms with Crippen molar-refractivity contribution in [3.63, 3.8) is 0 Å². The van der Waals surface area contributed by atoms with Gasteiger partial charge in [0, 0.05) is 19.4 Å². The van der Waals surface area contributed by atoms with Gasteiger partial charge in [-0.25, -0.2) is 0 Å². The molecule has 0 saturated carbocycles. The number of hydrogen-bond acceptors (Lipinski definition) is 7. The van der Waals surface area contributed by atoms with Crippen molar-refractivity contribution < 1.29 is 34.3 Å². The summed E-state index contributed by atoms with van der Waals surface area (Å²) in [5, 5.41) is 39.7. The summed E-state index contributed by atoms with van der Waals surface area (Å²) < 4.78 is 19.1. The first kappa shape index (κ1) is 43.6. The van der Waals surface area contributed by atoms with Gasteiger partial charge in [-0.05, 0) is 29.5 Å². The van der Waals surface area contributed by atoms with Gasteiger partial charge in [-0.3, -0.25) is 4.79 Å². The topological polar surface area (TPSA) is 117 Å². The number of carbonyl (C=O) groups excluding carboxylic acids is 1. The normalized spacial score (nSPS) is 23.2. The minimum Gasteiger partial charge on any atom is -0.394 e. The molecule has 3 aromatic rings. The second-order valence-corrected chi connectivity index (χ2v) is 15.2. The Kier molecular flexibility index (Phi) is 19.2. The molecule has 1 amide bonds. The second-order valence-electron chi connectivity index (χ2n) is 15.2. The lowest BCUT2D eigenvalue weighted by Gasteiger charge is -2.57. The molecule has 298 valence electrons. The number of rotatable bonds is 26. The SMILES string of the molecule is CCCCCCCCCCC[C@H](CC(=O)N[C@@H]1[C@@H](OCCCCC)O[C@H](CO)[C@](O)(Cc2ccccc2)[C@@]1(O)Cc1ccccc1)OCc1ccccc1. The average Bonchev–Trinajstić information content (AvgIpc) is 3.18. The van der Waals surface area contributed by atoms with Crippen molar-refractivity contribution in [3.8, 4) is 0 Å². The van der Waals surface area contributed by atoms with E-state index in [-0.39, 0.29) is 31.3 Å². The molecular formula is C46H67NO7. The maximum atomic E-state index is 14.2. The highest BCUT2D eigenvalue weighted by Gasteiger charge is 2.65. The molecule has 8 heteroatoms. The molecule has 1 heterocycles. The smallest absolute Gasteiger partial charge is 0.223 e. The Hall–Kier alpha value is -3.11. The number of benzene rings is 3. The predicted octanol–water partition coefficient (Wildman–Crippen LogP) is 8.24. The largest absolute Gasteiger partial charge is 0.394 e. The third-order valence-electron chi connectivity index (χ3n) is 10.9. The zero-order valence-electron chi connectivity index (χ0n) is 32.9. The number of carbonyl (C=O) groups is 1. The molecule has 1 fully saturated rings. The molecule has 54 heavy (non-hydrogen) atoms. The molecule has 1 aliphatic rings. The standard InChI is InChI=1S/C46H67NO7/c1-3-5-7-8-9-10-11-12-22-30-40(53-36-39-28-20-15-21-29-39)32-42(49)47-43-44(52-31-23-6-4-2)54-41(35-48)45(50,33-37-24-16-13-17-25-37)46(43,51)34-38-26-18-14-19-27-38/h13-21,24-29,40-41,43-44,48,50-51H,3-12,22-23,30-36H2,1-2H3,(H,47,49)/t40-,41-,43-,44+,45-,46-/m1/s1. The lowest BCUT2D eigenvalue weighted by atomic mass is 9.66. The molecule has 0 spiro atoms. The van der Waals surface area contributed by atoms with E-state index in [9.17, 15) is 20.1 Å². The molecule has 0 unspecified atom stereocenters. The van der Waals surface area contributed by atoms with E-state index in [1.165, 1.54) is 44.9 Å². The van der Waals surface area contributed by atoms with Gasteiger partial charge in [0.1, 0.15) is 23.3 Å². The molecule has 0 radical (unpaired) electrons. The van der Waals surface area contributed by atoms with E-state index < -0.39 is 36.2 Å². The van der Waals surface area contributed by atoms with Gasteiger partial charge in [-0.2, -0.15) is 0 Å². The van der Waals surface area contributed by atoms with Crippen molar-refractivity contribution in [1.82, 2.24) is 5.32 Å². The summed E-state index contributed by atoms with van der Waals surface area (Å²) in [4.78, 5) is 14.2. The van der Waals surface area contributed by atoms with Gasteiger partial charge in [0.15, 0.2) is 6.29 Å². The van der Waals surface area contributed by atoms with Crippen LogP contribution < -0.4 is 5.32 Å². The van der Waals surface area contributed by atoms with Gasteiger partial charge in [0.25, 0.3) is 0 Å². The number of nitrogens with one attached hydrogen (secondary N) is 1. The Bertz CT molecular complexity index is 1430. The quantitative estimate of drug-likeness (QED) is 0.0612. The molecule has 0 aliphatic carbocycles. The highest BCUT2D eigenvalue weighted by atomic mass is 16.7. The first-order valence-corrected chi connectivity index (χ1v) is 20.7. The number of aliphatic hydroxyl groups excluding tert-OH is 1. The van der Waals surface area contributed by atoms with E-state index >= 15 is 0 Å². The summed E-state index contributed by atoms with van der Waals surface area (Å²) >= 11 is 0. The van der Waals surface area contributed by atoms with Crippen molar-refractivity contribution in [2.45, 2.75) is 159 Å². The third kappa shape index (κ3) is 13.3. The van der Waals surface area contributed by atoms with Crippen molar-refractivity contribution >= 4 is 5.91 Å². The molecule has 4 rings (SSSR count). The molecule has 0 bridgehead atoms. The van der Waals surface area contributed by atoms with Crippen LogP contribution in [0.25, 0.3) is 0 Å². The van der Waals surface area contributed by atoms with E-state index in [1.54, 1.807) is 0 Å². The van der Waals surface area contributed by atoms with Gasteiger partial charge in [-0.15, -0.1) is 0 Å². The van der Waals surface area contributed by atoms with Crippen LogP contribution in [-0.4, -0.2) is 70.2 Å². The summed E-state index contributed by atoms with van der Waals surface area (Å²) in [7, 11) is 0. The van der Waals surface area contributed by atoms with Gasteiger partial charge >= 0.3 is 0 Å². The van der Waals surface area contributed by atoms with E-state index in [0.717, 1.165) is 55.2 Å². The first-order valence-electron chi connectivity index (χ1n) is 20.7. The Morgan fingerprint density at radius 2 is 1.20 bits per heavy atom. The van der Waals surface area contributed by atoms with Crippen LogP contribution in [0.5, 0.6) is 0 Å². The fraction of sp³-hybridized carbons (Fsp3) is 0.587. The summed E-state index contributed by atoms with van der Waals surface area (Å²) in [5.41, 5.74) is -1.44. The number of hydrogen-bond donors (Lipinski definition) is 4. The lowest BCUT2D eigenvalue weighted by Crippen LogP contribution is -2.79. The number of unbranched alkanes of at least 4 members (excludes halogenated alkanes) is 10. The fourth-order valence-electron chi connectivity index (χ4n) is 7.69. The van der Waals surface area contributed by atoms with Crippen LogP contribution in [0.4, 0.5) is 0 Å². The van der Waals surface area contributed by atoms with Crippen LogP contribution in [0.2, 0.25) is 0 Å². The van der Waals surface area contributed by atoms with Crippen LogP contribution in [0.15, 0.2) is 91.0 Å². The molecule has 1 saturated heterocycles. The Morgan fingerprint density at radius 3 is 1.76 bits per heavy atom. The van der Waals surface area contributed by atoms with E-state index in [4.69, 9.17) is 14.2 Å². The Morgan fingerprint density at radius 1 is 0.704 bits per heavy atom. The highest BCUT2D eigenvalue weighted by molar-refractivity contribution is 5.77. The highest BCUT2D eigenvalue weighted by Crippen LogP contribution is 2.43. The van der Waals surface area contributed by atoms with E-state index in [2.05, 4.69) is 19.2 Å². The second kappa shape index (κ2) is 23.7. The van der Waals surface area contributed by atoms with Crippen molar-refractivity contribution in [2.75, 3.05) is 13.2 Å². The summed E-state index contributed by atoms with van der Waals surface area (Å²) in [6.45, 7) is 4.52. The summed E-state index contributed by atoms with van der Waals surface area (Å²) in [5.74, 6) is -0.323. The van der Waals surface area contributed by atoms with Crippen LogP contribution in [0.3, 0.4) is 0 Å². The number of amides is 1. The van der Waals surface area contributed by atoms with E-state index in [1.807, 2.05) is 91.0 Å². The molecule has 6 atom stereocenters. The lowest BCUT2D eigenvalue weighted by molar-refractivity contribution is -0.337. The molecule has 0 aromatic heterocycles. The number of ether oxygens (including phenoxy) is 3. The van der Waals surface area contributed by atoms with Crippen LogP contribution >= 0.6 is 0 Å². The molecule has 8 nitrogen and oxygen atoms in total. The fourth-order valence-corrected chi connectivity index (χ4v) is 7.69. The van der Waals surface area contributed by atoms with Crippen LogP contribution in [0, 0.1) is 0 Å². The van der Waals surface area contributed by atoms with Crippen LogP contribution in [0.1, 0.15) is 120 Å². The monoisotopic (exact) mass is 745 g/mol. The number of aliphatic hydroxyl groups is 3. The molecular weight excluding hydrogens is 679 g/mol. The predicted molar refractivity (Wildman–Crippen MR) is 215 cm³/mol. The van der Waals surface area contributed by atoms with Crippen molar-refractivity contribution in [3.05, 3.63) is 108 Å². The Labute approximate surface area is 324 Å². The van der Waals surface area contributed by atoms with Gasteiger partial charge < -0.3 is 34.8 Å². The summed E-state index contributed by atoms with van der Waals surface area (Å²) in [6.07, 6.45) is 11.7. The van der Waals surface area contributed by atoms with Crippen molar-refractivity contribution in [2.24, 2.45) is 0 Å². The molecule has 3 aromatic carbocycles. The minimum absolute atomic E-state index is 0.0107. The molecule has 1 aliphatic heterocycles. The minimum atomic E-state index is -2.00. The molecule has 4 N–H and O–H groups in total. The van der Waals surface area contributed by atoms with Crippen LogP contribution in [-0.2, 0) is 38.5 Å². The maximum absolute atomic E-state index is 14.2. The van der Waals surface area contributed by atoms with E-state index in [0.29, 0.717) is 13.2 Å². The average molecular weight is 746 g/mol. The van der Waals surface area contributed by atoms with Crippen molar-refractivity contribution in [1.29, 1.82) is 0 Å². The summed E-state index contributed by atoms with van der Waals surface area (Å²) in [6, 6.07) is 27.6.